The molecule has 0 radical (unpaired) electrons. The van der Waals surface area contributed by atoms with Crippen molar-refractivity contribution in [2.45, 2.75) is 30.6 Å². The van der Waals surface area contributed by atoms with E-state index >= 15 is 0 Å². The molecule has 0 spiro atoms. The van der Waals surface area contributed by atoms with E-state index in [4.69, 9.17) is 4.74 Å². The van der Waals surface area contributed by atoms with E-state index in [0.29, 0.717) is 31.1 Å². The number of likely N-dealkylation sites (tertiary alicyclic amines) is 1. The summed E-state index contributed by atoms with van der Waals surface area (Å²) < 4.78 is 28.4. The Kier molecular flexibility index (Phi) is 7.25. The van der Waals surface area contributed by atoms with Crippen LogP contribution in [0.5, 0.6) is 5.75 Å². The highest BCUT2D eigenvalue weighted by Gasteiger charge is 2.22. The van der Waals surface area contributed by atoms with Gasteiger partial charge in [-0.05, 0) is 63.0 Å². The van der Waals surface area contributed by atoms with E-state index in [2.05, 4.69) is 5.32 Å². The number of ether oxygens (including phenoxy) is 1. The maximum absolute atomic E-state index is 12.3. The fourth-order valence-corrected chi connectivity index (χ4v) is 3.73. The van der Waals surface area contributed by atoms with Crippen LogP contribution in [-0.4, -0.2) is 58.8 Å². The van der Waals surface area contributed by atoms with Crippen molar-refractivity contribution in [3.8, 4) is 5.75 Å². The summed E-state index contributed by atoms with van der Waals surface area (Å²) in [5, 5.41) is 3.18. The summed E-state index contributed by atoms with van der Waals surface area (Å²) in [5.41, 5.74) is 0. The number of piperidine rings is 1. The van der Waals surface area contributed by atoms with Gasteiger partial charge in [-0.1, -0.05) is 0 Å². The maximum atomic E-state index is 12.3. The SMILES string of the molecule is CNCC1CCCN(C(=O)CCCOc2ccc(S(C)(=O)=O)cc2)C1. The number of carbonyl (C=O) groups is 1. The second-order valence-corrected chi connectivity index (χ2v) is 8.62. The first-order valence-corrected chi connectivity index (χ1v) is 10.6. The Labute approximate surface area is 150 Å². The van der Waals surface area contributed by atoms with Gasteiger partial charge in [0.2, 0.25) is 5.91 Å². The van der Waals surface area contributed by atoms with Gasteiger partial charge in [-0.2, -0.15) is 0 Å². The molecule has 1 aliphatic rings. The molecule has 25 heavy (non-hydrogen) atoms. The van der Waals surface area contributed by atoms with Crippen molar-refractivity contribution in [2.75, 3.05) is 39.5 Å². The average Bonchev–Trinajstić information content (AvgIpc) is 2.59. The zero-order valence-corrected chi connectivity index (χ0v) is 15.8. The highest BCUT2D eigenvalue weighted by Crippen LogP contribution is 2.18. The lowest BCUT2D eigenvalue weighted by Crippen LogP contribution is -2.42. The van der Waals surface area contributed by atoms with Crippen molar-refractivity contribution in [2.24, 2.45) is 5.92 Å². The second kappa shape index (κ2) is 9.20. The van der Waals surface area contributed by atoms with Crippen LogP contribution in [0.2, 0.25) is 0 Å². The fraction of sp³-hybridized carbons (Fsp3) is 0.611. The molecule has 1 aliphatic heterocycles. The number of nitrogens with one attached hydrogen (secondary N) is 1. The van der Waals surface area contributed by atoms with Crippen molar-refractivity contribution < 1.29 is 17.9 Å². The molecule has 1 N–H and O–H groups in total. The summed E-state index contributed by atoms with van der Waals surface area (Å²) in [6.07, 6.45) is 4.56. The summed E-state index contributed by atoms with van der Waals surface area (Å²) in [7, 11) is -1.24. The molecule has 6 nitrogen and oxygen atoms in total. The van der Waals surface area contributed by atoms with Crippen LogP contribution in [0.3, 0.4) is 0 Å². The highest BCUT2D eigenvalue weighted by atomic mass is 32.2. The number of hydrogen-bond donors (Lipinski definition) is 1. The van der Waals surface area contributed by atoms with Crippen molar-refractivity contribution in [1.82, 2.24) is 10.2 Å². The highest BCUT2D eigenvalue weighted by molar-refractivity contribution is 7.90. The van der Waals surface area contributed by atoms with Gasteiger partial charge >= 0.3 is 0 Å². The molecule has 1 atom stereocenters. The van der Waals surface area contributed by atoms with Gasteiger partial charge in [0.05, 0.1) is 11.5 Å². The third-order valence-corrected chi connectivity index (χ3v) is 5.55. The van der Waals surface area contributed by atoms with Crippen molar-refractivity contribution in [3.63, 3.8) is 0 Å². The van der Waals surface area contributed by atoms with Crippen LogP contribution in [0, 0.1) is 5.92 Å². The lowest BCUT2D eigenvalue weighted by Gasteiger charge is -2.32. The van der Waals surface area contributed by atoms with E-state index < -0.39 is 9.84 Å². The number of nitrogens with zero attached hydrogens (tertiary/aromatic N) is 1. The zero-order chi connectivity index (χ0) is 18.3. The third kappa shape index (κ3) is 6.32. The molecule has 1 amide bonds. The Morgan fingerprint density at radius 1 is 1.32 bits per heavy atom. The average molecular weight is 368 g/mol. The second-order valence-electron chi connectivity index (χ2n) is 6.60. The number of amides is 1. The smallest absolute Gasteiger partial charge is 0.222 e. The molecule has 1 unspecified atom stereocenters. The van der Waals surface area contributed by atoms with Crippen LogP contribution in [0.4, 0.5) is 0 Å². The number of benzene rings is 1. The van der Waals surface area contributed by atoms with Crippen LogP contribution >= 0.6 is 0 Å². The monoisotopic (exact) mass is 368 g/mol. The van der Waals surface area contributed by atoms with Crippen molar-refractivity contribution in [3.05, 3.63) is 24.3 Å². The summed E-state index contributed by atoms with van der Waals surface area (Å²) in [6, 6.07) is 6.35. The van der Waals surface area contributed by atoms with Gasteiger partial charge in [0.25, 0.3) is 0 Å². The first kappa shape index (κ1) is 19.7. The molecule has 1 saturated heterocycles. The molecule has 2 rings (SSSR count). The molecule has 0 bridgehead atoms. The molecule has 0 aromatic heterocycles. The summed E-state index contributed by atoms with van der Waals surface area (Å²) >= 11 is 0. The van der Waals surface area contributed by atoms with Gasteiger partial charge in [0, 0.05) is 25.8 Å². The molecule has 1 heterocycles. The standard InChI is InChI=1S/C18H28N2O4S/c1-19-13-15-5-3-11-20(14-15)18(21)6-4-12-24-16-7-9-17(10-8-16)25(2,22)23/h7-10,15,19H,3-6,11-14H2,1-2H3. The number of carbonyl (C=O) groups excluding carboxylic acids is 1. The molecular weight excluding hydrogens is 340 g/mol. The Hall–Kier alpha value is -1.60. The van der Waals surface area contributed by atoms with E-state index in [0.717, 1.165) is 26.1 Å². The molecule has 1 aromatic rings. The Balaban J connectivity index is 1.71. The van der Waals surface area contributed by atoms with E-state index in [1.807, 2.05) is 11.9 Å². The zero-order valence-electron chi connectivity index (χ0n) is 15.0. The van der Waals surface area contributed by atoms with E-state index in [1.54, 1.807) is 12.1 Å². The van der Waals surface area contributed by atoms with E-state index in [9.17, 15) is 13.2 Å². The van der Waals surface area contributed by atoms with Gasteiger partial charge < -0.3 is 15.0 Å². The third-order valence-electron chi connectivity index (χ3n) is 4.42. The Bertz CT molecular complexity index is 656. The normalized spacial score (nSPS) is 18.2. The van der Waals surface area contributed by atoms with Crippen LogP contribution in [0.15, 0.2) is 29.2 Å². The molecule has 7 heteroatoms. The predicted octanol–water partition coefficient (Wildman–Crippen LogP) is 1.71. The summed E-state index contributed by atoms with van der Waals surface area (Å²) in [4.78, 5) is 14.5. The summed E-state index contributed by atoms with van der Waals surface area (Å²) in [6.45, 7) is 3.09. The minimum atomic E-state index is -3.19. The first-order valence-electron chi connectivity index (χ1n) is 8.75. The minimum absolute atomic E-state index is 0.192. The van der Waals surface area contributed by atoms with Gasteiger partial charge in [0.15, 0.2) is 9.84 Å². The first-order chi connectivity index (χ1) is 11.9. The van der Waals surface area contributed by atoms with Gasteiger partial charge in [-0.15, -0.1) is 0 Å². The number of sulfone groups is 1. The fourth-order valence-electron chi connectivity index (χ4n) is 3.10. The van der Waals surface area contributed by atoms with Gasteiger partial charge in [-0.3, -0.25) is 4.79 Å². The van der Waals surface area contributed by atoms with Gasteiger partial charge in [0.1, 0.15) is 5.75 Å². The predicted molar refractivity (Wildman–Crippen MR) is 97.5 cm³/mol. The maximum Gasteiger partial charge on any atom is 0.222 e. The lowest BCUT2D eigenvalue weighted by atomic mass is 9.97. The quantitative estimate of drug-likeness (QED) is 0.707. The van der Waals surface area contributed by atoms with Crippen molar-refractivity contribution in [1.29, 1.82) is 0 Å². The van der Waals surface area contributed by atoms with Crippen LogP contribution in [0.25, 0.3) is 0 Å². The topological polar surface area (TPSA) is 75.7 Å². The van der Waals surface area contributed by atoms with Crippen molar-refractivity contribution >= 4 is 15.7 Å². The molecule has 140 valence electrons. The van der Waals surface area contributed by atoms with E-state index in [-0.39, 0.29) is 10.8 Å². The molecular formula is C18H28N2O4S. The largest absolute Gasteiger partial charge is 0.494 e. The van der Waals surface area contributed by atoms with Crippen LogP contribution < -0.4 is 10.1 Å². The Morgan fingerprint density at radius 3 is 2.68 bits per heavy atom. The van der Waals surface area contributed by atoms with Crippen LogP contribution in [-0.2, 0) is 14.6 Å². The van der Waals surface area contributed by atoms with E-state index in [1.165, 1.54) is 24.8 Å². The molecule has 0 aliphatic carbocycles. The lowest BCUT2D eigenvalue weighted by molar-refractivity contribution is -0.133. The number of hydrogen-bond acceptors (Lipinski definition) is 5. The Morgan fingerprint density at radius 2 is 2.04 bits per heavy atom. The van der Waals surface area contributed by atoms with Crippen LogP contribution in [0.1, 0.15) is 25.7 Å². The summed E-state index contributed by atoms with van der Waals surface area (Å²) in [5.74, 6) is 1.36. The number of rotatable bonds is 8. The molecule has 1 aromatic carbocycles. The van der Waals surface area contributed by atoms with Gasteiger partial charge in [-0.25, -0.2) is 8.42 Å². The minimum Gasteiger partial charge on any atom is -0.494 e. The molecule has 0 saturated carbocycles. The molecule has 1 fully saturated rings.